The van der Waals surface area contributed by atoms with E-state index in [1.165, 1.54) is 0 Å². The minimum atomic E-state index is -1.28. The summed E-state index contributed by atoms with van der Waals surface area (Å²) in [6, 6.07) is 8.96. The van der Waals surface area contributed by atoms with Crippen molar-refractivity contribution in [3.63, 3.8) is 0 Å². The minimum Gasteiger partial charge on any atom is -0.465 e. The second-order valence-electron chi connectivity index (χ2n) is 11.2. The number of amides is 2. The Balaban J connectivity index is 2.45. The topological polar surface area (TPSA) is 132 Å². The predicted molar refractivity (Wildman–Crippen MR) is 157 cm³/mol. The normalized spacial score (nSPS) is 13.4. The molecule has 0 aliphatic heterocycles. The van der Waals surface area contributed by atoms with Gasteiger partial charge in [-0.1, -0.05) is 18.2 Å². The number of aliphatic hydroxyl groups is 1. The molecule has 11 heteroatoms. The summed E-state index contributed by atoms with van der Waals surface area (Å²) in [6.45, 7) is 12.6. The summed E-state index contributed by atoms with van der Waals surface area (Å²) in [7, 11) is 0. The Morgan fingerprint density at radius 2 is 1.62 bits per heavy atom. The molecule has 0 saturated heterocycles. The Morgan fingerprint density at radius 1 is 0.950 bits per heavy atom. The van der Waals surface area contributed by atoms with E-state index in [0.717, 1.165) is 17.2 Å². The highest BCUT2D eigenvalue weighted by molar-refractivity contribution is 7.99. The number of aliphatic hydroxyl groups excluding tert-OH is 1. The van der Waals surface area contributed by atoms with Crippen molar-refractivity contribution in [1.82, 2.24) is 5.32 Å². The zero-order valence-electron chi connectivity index (χ0n) is 25.0. The fourth-order valence-electron chi connectivity index (χ4n) is 3.50. The Kier molecular flexibility index (Phi) is 15.6. The van der Waals surface area contributed by atoms with Crippen molar-refractivity contribution in [1.29, 1.82) is 0 Å². The van der Waals surface area contributed by atoms with Crippen LogP contribution in [0.1, 0.15) is 61.3 Å². The van der Waals surface area contributed by atoms with Crippen molar-refractivity contribution in [2.75, 3.05) is 49.8 Å². The molecule has 0 spiro atoms. The molecule has 0 bridgehead atoms. The van der Waals surface area contributed by atoms with Crippen LogP contribution in [0.4, 0.5) is 10.5 Å². The van der Waals surface area contributed by atoms with E-state index in [9.17, 15) is 19.5 Å². The van der Waals surface area contributed by atoms with Crippen molar-refractivity contribution in [3.05, 3.63) is 30.3 Å². The van der Waals surface area contributed by atoms with Crippen molar-refractivity contribution in [2.45, 2.75) is 78.6 Å². The number of esters is 2. The first-order valence-electron chi connectivity index (χ1n) is 13.7. The van der Waals surface area contributed by atoms with E-state index in [1.54, 1.807) is 46.4 Å². The molecule has 2 amide bonds. The van der Waals surface area contributed by atoms with Gasteiger partial charge in [-0.05, 0) is 79.2 Å². The Labute approximate surface area is 243 Å². The third kappa shape index (κ3) is 14.3. The van der Waals surface area contributed by atoms with Crippen LogP contribution in [0.25, 0.3) is 0 Å². The second-order valence-corrected chi connectivity index (χ2v) is 12.4. The van der Waals surface area contributed by atoms with Gasteiger partial charge in [-0.25, -0.2) is 9.59 Å². The largest absolute Gasteiger partial charge is 0.465 e. The molecule has 1 unspecified atom stereocenters. The number of nitrogens with one attached hydrogen (secondary N) is 2. The molecule has 0 heterocycles. The van der Waals surface area contributed by atoms with Gasteiger partial charge in [-0.15, -0.1) is 0 Å². The van der Waals surface area contributed by atoms with Gasteiger partial charge in [0.15, 0.2) is 5.60 Å². The molecule has 0 radical (unpaired) electrons. The van der Waals surface area contributed by atoms with Gasteiger partial charge in [0.1, 0.15) is 12.0 Å². The lowest BCUT2D eigenvalue weighted by Crippen LogP contribution is -2.47. The maximum atomic E-state index is 13.0. The van der Waals surface area contributed by atoms with Crippen LogP contribution in [-0.4, -0.2) is 84.9 Å². The fourth-order valence-corrected chi connectivity index (χ4v) is 4.27. The maximum Gasteiger partial charge on any atom is 0.337 e. The summed E-state index contributed by atoms with van der Waals surface area (Å²) >= 11 is 1.64. The fraction of sp³-hybridized carbons (Fsp3) is 0.690. The average molecular weight is 585 g/mol. The molecule has 0 fully saturated rings. The lowest BCUT2D eigenvalue weighted by Gasteiger charge is -2.35. The first-order valence-corrected chi connectivity index (χ1v) is 14.8. The molecule has 40 heavy (non-hydrogen) atoms. The van der Waals surface area contributed by atoms with Gasteiger partial charge in [-0.2, -0.15) is 11.8 Å². The van der Waals surface area contributed by atoms with Crippen molar-refractivity contribution >= 4 is 35.4 Å². The van der Waals surface area contributed by atoms with Crippen LogP contribution in [0.2, 0.25) is 0 Å². The summed E-state index contributed by atoms with van der Waals surface area (Å²) < 4.78 is 22.6. The molecule has 3 N–H and O–H groups in total. The number of urea groups is 1. The van der Waals surface area contributed by atoms with Gasteiger partial charge in [0.25, 0.3) is 0 Å². The molecule has 10 nitrogen and oxygen atoms in total. The van der Waals surface area contributed by atoms with E-state index >= 15 is 0 Å². The molecule has 1 atom stereocenters. The lowest BCUT2D eigenvalue weighted by molar-refractivity contribution is -0.194. The lowest BCUT2D eigenvalue weighted by atomic mass is 9.93. The SMILES string of the molecule is CC(C)OCC(C)(COC(=O)C(C)(C)OC(C)(C)CCO)C(=O)OCCCSCCNC(=O)Nc1ccccc1. The number of thioether (sulfide) groups is 1. The average Bonchev–Trinajstić information content (AvgIpc) is 2.87. The highest BCUT2D eigenvalue weighted by Gasteiger charge is 2.41. The Bertz CT molecular complexity index is 911. The van der Waals surface area contributed by atoms with Gasteiger partial charge in [0, 0.05) is 24.6 Å². The zero-order chi connectivity index (χ0) is 30.2. The molecule has 228 valence electrons. The van der Waals surface area contributed by atoms with Crippen LogP contribution in [0.5, 0.6) is 0 Å². The molecule has 0 aliphatic carbocycles. The summed E-state index contributed by atoms with van der Waals surface area (Å²) in [6.07, 6.45) is 0.865. The number of carbonyl (C=O) groups excluding carboxylic acids is 3. The van der Waals surface area contributed by atoms with Gasteiger partial charge in [-0.3, -0.25) is 4.79 Å². The van der Waals surface area contributed by atoms with Crippen LogP contribution in [0.15, 0.2) is 30.3 Å². The van der Waals surface area contributed by atoms with Gasteiger partial charge in [0.2, 0.25) is 0 Å². The van der Waals surface area contributed by atoms with Crippen molar-refractivity contribution < 1.29 is 38.4 Å². The first kappa shape index (κ1) is 35.7. The van der Waals surface area contributed by atoms with E-state index in [2.05, 4.69) is 10.6 Å². The highest BCUT2D eigenvalue weighted by atomic mass is 32.2. The standard InChI is InChI=1S/C29H48N2O8S/c1-22(2)37-20-29(7,21-38-24(33)28(5,6)39-27(3,4)14-16-32)25(34)36-17-11-18-40-19-15-30-26(35)31-23-12-9-8-10-13-23/h8-10,12-13,22,32H,11,14-21H2,1-7H3,(H2,30,31,35). The molecule has 0 aromatic heterocycles. The molecular weight excluding hydrogens is 536 g/mol. The summed E-state index contributed by atoms with van der Waals surface area (Å²) in [5.74, 6) is 0.339. The number of ether oxygens (including phenoxy) is 4. The summed E-state index contributed by atoms with van der Waals surface area (Å²) in [4.78, 5) is 37.7. The first-order chi connectivity index (χ1) is 18.7. The van der Waals surface area contributed by atoms with Crippen LogP contribution >= 0.6 is 11.8 Å². The van der Waals surface area contributed by atoms with Crippen LogP contribution in [0.3, 0.4) is 0 Å². The van der Waals surface area contributed by atoms with E-state index < -0.39 is 28.6 Å². The number of rotatable bonds is 19. The molecule has 0 aliphatic rings. The molecule has 1 aromatic carbocycles. The molecule has 0 saturated carbocycles. The number of hydrogen-bond donors (Lipinski definition) is 3. The number of hydrogen-bond acceptors (Lipinski definition) is 9. The summed E-state index contributed by atoms with van der Waals surface area (Å²) in [5, 5.41) is 14.8. The van der Waals surface area contributed by atoms with E-state index in [-0.39, 0.29) is 38.6 Å². The third-order valence-corrected chi connectivity index (χ3v) is 6.79. The second kappa shape index (κ2) is 17.5. The Morgan fingerprint density at radius 3 is 2.25 bits per heavy atom. The third-order valence-electron chi connectivity index (χ3n) is 5.72. The zero-order valence-corrected chi connectivity index (χ0v) is 25.9. The van der Waals surface area contributed by atoms with E-state index in [1.807, 2.05) is 44.2 Å². The number of anilines is 1. The van der Waals surface area contributed by atoms with Crippen molar-refractivity contribution in [3.8, 4) is 0 Å². The van der Waals surface area contributed by atoms with Crippen LogP contribution < -0.4 is 10.6 Å². The molecular formula is C29H48N2O8S. The van der Waals surface area contributed by atoms with Crippen LogP contribution in [-0.2, 0) is 28.5 Å². The number of carbonyl (C=O) groups is 3. The number of para-hydroxylation sites is 1. The van der Waals surface area contributed by atoms with Crippen molar-refractivity contribution in [2.24, 2.45) is 5.41 Å². The quantitative estimate of drug-likeness (QED) is 0.160. The molecule has 1 aromatic rings. The number of benzene rings is 1. The van der Waals surface area contributed by atoms with Gasteiger partial charge >= 0.3 is 18.0 Å². The highest BCUT2D eigenvalue weighted by Crippen LogP contribution is 2.27. The smallest absolute Gasteiger partial charge is 0.337 e. The van der Waals surface area contributed by atoms with E-state index in [0.29, 0.717) is 19.4 Å². The maximum absolute atomic E-state index is 13.0. The van der Waals surface area contributed by atoms with Crippen LogP contribution in [0, 0.1) is 5.41 Å². The minimum absolute atomic E-state index is 0.0273. The van der Waals surface area contributed by atoms with E-state index in [4.69, 9.17) is 18.9 Å². The monoisotopic (exact) mass is 584 g/mol. The molecule has 1 rings (SSSR count). The van der Waals surface area contributed by atoms with Gasteiger partial charge in [0.05, 0.1) is 24.9 Å². The Hall–Kier alpha value is -2.34. The predicted octanol–water partition coefficient (Wildman–Crippen LogP) is 4.41. The van der Waals surface area contributed by atoms with Gasteiger partial charge < -0.3 is 34.7 Å². The summed E-state index contributed by atoms with van der Waals surface area (Å²) in [5.41, 5.74) is -2.48.